The van der Waals surface area contributed by atoms with E-state index in [9.17, 15) is 0 Å². The second kappa shape index (κ2) is 4.11. The molecule has 1 heterocycles. The van der Waals surface area contributed by atoms with Crippen molar-refractivity contribution >= 4 is 11.4 Å². The van der Waals surface area contributed by atoms with Gasteiger partial charge < -0.3 is 15.5 Å². The topological polar surface area (TPSA) is 32.5 Å². The molecule has 0 amide bonds. The van der Waals surface area contributed by atoms with Gasteiger partial charge >= 0.3 is 0 Å². The Hall–Kier alpha value is -1.22. The second-order valence-electron chi connectivity index (χ2n) is 4.41. The van der Waals surface area contributed by atoms with Gasteiger partial charge in [0, 0.05) is 31.0 Å². The number of hydrogen-bond acceptors (Lipinski definition) is 3. The van der Waals surface area contributed by atoms with Crippen LogP contribution in [0.4, 0.5) is 11.4 Å². The van der Waals surface area contributed by atoms with Gasteiger partial charge in [-0.3, -0.25) is 0 Å². The third kappa shape index (κ3) is 2.23. The number of nitrogen functional groups attached to an aromatic ring is 1. The minimum atomic E-state index is 0.638. The van der Waals surface area contributed by atoms with Gasteiger partial charge in [-0.25, -0.2) is 0 Å². The van der Waals surface area contributed by atoms with Gasteiger partial charge in [-0.2, -0.15) is 0 Å². The van der Waals surface area contributed by atoms with Crippen molar-refractivity contribution in [2.45, 2.75) is 12.5 Å². The van der Waals surface area contributed by atoms with Crippen molar-refractivity contribution in [2.75, 3.05) is 37.8 Å². The minimum absolute atomic E-state index is 0.638. The van der Waals surface area contributed by atoms with Crippen molar-refractivity contribution in [1.82, 2.24) is 4.90 Å². The van der Waals surface area contributed by atoms with E-state index in [0.29, 0.717) is 6.04 Å². The minimum Gasteiger partial charge on any atom is -0.399 e. The molecule has 1 aliphatic heterocycles. The first-order chi connectivity index (χ1) is 7.16. The van der Waals surface area contributed by atoms with Crippen LogP contribution in [0.1, 0.15) is 6.42 Å². The molecule has 3 nitrogen and oxygen atoms in total. The summed E-state index contributed by atoms with van der Waals surface area (Å²) in [7, 11) is 4.34. The van der Waals surface area contributed by atoms with Crippen LogP contribution in [0.25, 0.3) is 0 Å². The van der Waals surface area contributed by atoms with Crippen molar-refractivity contribution < 1.29 is 0 Å². The van der Waals surface area contributed by atoms with Crippen LogP contribution in [0.15, 0.2) is 24.3 Å². The van der Waals surface area contributed by atoms with Gasteiger partial charge in [0.25, 0.3) is 0 Å². The number of benzene rings is 1. The molecule has 1 fully saturated rings. The highest BCUT2D eigenvalue weighted by Gasteiger charge is 2.23. The first-order valence-electron chi connectivity index (χ1n) is 5.44. The molecule has 2 rings (SSSR count). The number of likely N-dealkylation sites (N-methyl/N-ethyl adjacent to an activating group) is 2. The average Bonchev–Trinajstić information content (AvgIpc) is 2.65. The molecular formula is C12H19N3. The summed E-state index contributed by atoms with van der Waals surface area (Å²) in [5.41, 5.74) is 7.76. The molecule has 1 aliphatic rings. The number of nitrogens with zero attached hydrogens (tertiary/aromatic N) is 2. The molecule has 0 aromatic heterocycles. The smallest absolute Gasteiger partial charge is 0.0425 e. The van der Waals surface area contributed by atoms with Crippen LogP contribution in [-0.2, 0) is 0 Å². The molecule has 1 unspecified atom stereocenters. The van der Waals surface area contributed by atoms with E-state index in [1.165, 1.54) is 18.7 Å². The van der Waals surface area contributed by atoms with E-state index >= 15 is 0 Å². The van der Waals surface area contributed by atoms with E-state index in [2.05, 4.69) is 36.0 Å². The summed E-state index contributed by atoms with van der Waals surface area (Å²) in [5, 5.41) is 0. The van der Waals surface area contributed by atoms with Crippen LogP contribution in [0.2, 0.25) is 0 Å². The normalized spacial score (nSPS) is 21.9. The Morgan fingerprint density at radius 1 is 1.33 bits per heavy atom. The van der Waals surface area contributed by atoms with E-state index < -0.39 is 0 Å². The predicted octanol–water partition coefficient (Wildman–Crippen LogP) is 1.41. The summed E-state index contributed by atoms with van der Waals surface area (Å²) in [6, 6.07) is 8.75. The Bertz CT molecular complexity index is 320. The van der Waals surface area contributed by atoms with E-state index in [-0.39, 0.29) is 0 Å². The maximum Gasteiger partial charge on any atom is 0.0425 e. The fraction of sp³-hybridized carbons (Fsp3) is 0.500. The summed E-state index contributed by atoms with van der Waals surface area (Å²) >= 11 is 0. The number of nitrogens with two attached hydrogens (primary N) is 1. The van der Waals surface area contributed by atoms with Gasteiger partial charge in [-0.1, -0.05) is 0 Å². The summed E-state index contributed by atoms with van der Waals surface area (Å²) in [6.45, 7) is 2.35. The molecular weight excluding hydrogens is 186 g/mol. The lowest BCUT2D eigenvalue weighted by molar-refractivity contribution is 0.409. The summed E-state index contributed by atoms with van der Waals surface area (Å²) in [4.78, 5) is 4.72. The number of rotatable bonds is 2. The third-order valence-corrected chi connectivity index (χ3v) is 3.21. The molecule has 0 radical (unpaired) electrons. The predicted molar refractivity (Wildman–Crippen MR) is 65.2 cm³/mol. The first-order valence-corrected chi connectivity index (χ1v) is 5.44. The van der Waals surface area contributed by atoms with Gasteiger partial charge in [0.15, 0.2) is 0 Å². The molecule has 1 atom stereocenters. The Balaban J connectivity index is 2.07. The summed E-state index contributed by atoms with van der Waals surface area (Å²) in [5.74, 6) is 0. The Labute approximate surface area is 91.5 Å². The lowest BCUT2D eigenvalue weighted by Gasteiger charge is -2.26. The van der Waals surface area contributed by atoms with Gasteiger partial charge in [0.2, 0.25) is 0 Å². The lowest BCUT2D eigenvalue weighted by Crippen LogP contribution is -2.33. The SMILES string of the molecule is CN1CCC(N(C)c2ccc(N)cc2)C1. The van der Waals surface area contributed by atoms with Gasteiger partial charge in [0.1, 0.15) is 0 Å². The van der Waals surface area contributed by atoms with Crippen LogP contribution in [0.5, 0.6) is 0 Å². The van der Waals surface area contributed by atoms with E-state index in [0.717, 1.165) is 12.2 Å². The highest BCUT2D eigenvalue weighted by Crippen LogP contribution is 2.21. The van der Waals surface area contributed by atoms with Crippen LogP contribution in [-0.4, -0.2) is 38.1 Å². The van der Waals surface area contributed by atoms with Crippen molar-refractivity contribution in [2.24, 2.45) is 0 Å². The fourth-order valence-corrected chi connectivity index (χ4v) is 2.15. The molecule has 3 heteroatoms. The molecule has 1 aromatic carbocycles. The maximum absolute atomic E-state index is 5.68. The molecule has 0 aliphatic carbocycles. The molecule has 1 saturated heterocycles. The maximum atomic E-state index is 5.68. The Morgan fingerprint density at radius 3 is 2.53 bits per heavy atom. The zero-order chi connectivity index (χ0) is 10.8. The standard InChI is InChI=1S/C12H19N3/c1-14-8-7-12(9-14)15(2)11-5-3-10(13)4-6-11/h3-6,12H,7-9,13H2,1-2H3. The largest absolute Gasteiger partial charge is 0.399 e. The molecule has 1 aromatic rings. The van der Waals surface area contributed by atoms with Crippen molar-refractivity contribution in [3.05, 3.63) is 24.3 Å². The zero-order valence-corrected chi connectivity index (χ0v) is 9.48. The fourth-order valence-electron chi connectivity index (χ4n) is 2.15. The molecule has 0 bridgehead atoms. The van der Waals surface area contributed by atoms with Crippen molar-refractivity contribution in [3.8, 4) is 0 Å². The quantitative estimate of drug-likeness (QED) is 0.741. The Kier molecular flexibility index (Phi) is 2.82. The monoisotopic (exact) mass is 205 g/mol. The molecule has 0 saturated carbocycles. The number of likely N-dealkylation sites (tertiary alicyclic amines) is 1. The molecule has 2 N–H and O–H groups in total. The van der Waals surface area contributed by atoms with Crippen LogP contribution in [0.3, 0.4) is 0 Å². The van der Waals surface area contributed by atoms with Gasteiger partial charge in [-0.15, -0.1) is 0 Å². The van der Waals surface area contributed by atoms with E-state index in [1.54, 1.807) is 0 Å². The molecule has 0 spiro atoms. The van der Waals surface area contributed by atoms with Gasteiger partial charge in [0.05, 0.1) is 0 Å². The van der Waals surface area contributed by atoms with Crippen LogP contribution >= 0.6 is 0 Å². The lowest BCUT2D eigenvalue weighted by atomic mass is 10.2. The third-order valence-electron chi connectivity index (χ3n) is 3.21. The average molecular weight is 205 g/mol. The van der Waals surface area contributed by atoms with E-state index in [1.807, 2.05) is 12.1 Å². The second-order valence-corrected chi connectivity index (χ2v) is 4.41. The zero-order valence-electron chi connectivity index (χ0n) is 9.48. The van der Waals surface area contributed by atoms with Gasteiger partial charge in [-0.05, 0) is 44.3 Å². The number of anilines is 2. The highest BCUT2D eigenvalue weighted by atomic mass is 15.2. The van der Waals surface area contributed by atoms with E-state index in [4.69, 9.17) is 5.73 Å². The molecule has 82 valence electrons. The highest BCUT2D eigenvalue weighted by molar-refractivity contribution is 5.53. The van der Waals surface area contributed by atoms with Crippen molar-refractivity contribution in [1.29, 1.82) is 0 Å². The van der Waals surface area contributed by atoms with Crippen LogP contribution in [0, 0.1) is 0 Å². The summed E-state index contributed by atoms with van der Waals surface area (Å²) in [6.07, 6.45) is 1.25. The van der Waals surface area contributed by atoms with Crippen LogP contribution < -0.4 is 10.6 Å². The first kappa shape index (κ1) is 10.3. The van der Waals surface area contributed by atoms with Crippen molar-refractivity contribution in [3.63, 3.8) is 0 Å². The molecule has 15 heavy (non-hydrogen) atoms. The Morgan fingerprint density at radius 2 is 2.00 bits per heavy atom. The summed E-state index contributed by atoms with van der Waals surface area (Å²) < 4.78 is 0. The number of hydrogen-bond donors (Lipinski definition) is 1.